The largest absolute Gasteiger partial charge is 0.468 e. The molecule has 0 bridgehead atoms. The molecule has 96 valence electrons. The van der Waals surface area contributed by atoms with E-state index in [1.165, 1.54) is 45.1 Å². The van der Waals surface area contributed by atoms with Crippen LogP contribution in [0.3, 0.4) is 0 Å². The van der Waals surface area contributed by atoms with Gasteiger partial charge in [-0.25, -0.2) is 0 Å². The third-order valence-corrected chi connectivity index (χ3v) is 6.16. The molecule has 0 radical (unpaired) electrons. The van der Waals surface area contributed by atoms with Gasteiger partial charge in [0, 0.05) is 6.04 Å². The van der Waals surface area contributed by atoms with Gasteiger partial charge in [-0.2, -0.15) is 0 Å². The van der Waals surface area contributed by atoms with Crippen molar-refractivity contribution in [2.24, 2.45) is 0 Å². The van der Waals surface area contributed by atoms with Gasteiger partial charge in [0.1, 0.15) is 10.5 Å². The van der Waals surface area contributed by atoms with Crippen molar-refractivity contribution in [3.63, 3.8) is 0 Å². The third kappa shape index (κ3) is 5.12. The van der Waals surface area contributed by atoms with Gasteiger partial charge in [-0.05, 0) is 37.9 Å². The number of nitrogens with zero attached hydrogens (tertiary/aromatic N) is 1. The van der Waals surface area contributed by atoms with Crippen LogP contribution in [0.1, 0.15) is 52.4 Å². The van der Waals surface area contributed by atoms with Gasteiger partial charge in [0.05, 0.1) is 0 Å². The Kier molecular flexibility index (Phi) is 6.25. The highest BCUT2D eigenvalue weighted by Crippen LogP contribution is 2.29. The van der Waals surface area contributed by atoms with Crippen LogP contribution in [0.5, 0.6) is 0 Å². The molecule has 0 atom stereocenters. The van der Waals surface area contributed by atoms with Crippen molar-refractivity contribution in [3.05, 3.63) is 0 Å². The molecule has 0 aromatic heterocycles. The molecule has 2 nitrogen and oxygen atoms in total. The SMILES string of the molecule is CN(CCC(C)(C)[SiH2]O[SiH3])C1CCCCC1. The van der Waals surface area contributed by atoms with Gasteiger partial charge in [0.2, 0.25) is 0 Å². The van der Waals surface area contributed by atoms with E-state index in [1.54, 1.807) is 0 Å². The molecule has 1 fully saturated rings. The summed E-state index contributed by atoms with van der Waals surface area (Å²) in [4.78, 5) is 2.60. The molecule has 0 heterocycles. The van der Waals surface area contributed by atoms with Gasteiger partial charge in [-0.15, -0.1) is 0 Å². The highest BCUT2D eigenvalue weighted by molar-refractivity contribution is 6.37. The third-order valence-electron chi connectivity index (χ3n) is 3.87. The molecule has 16 heavy (non-hydrogen) atoms. The minimum atomic E-state index is -0.287. The summed E-state index contributed by atoms with van der Waals surface area (Å²) >= 11 is 0. The lowest BCUT2D eigenvalue weighted by atomic mass is 9.94. The lowest BCUT2D eigenvalue weighted by molar-refractivity contribution is 0.184. The van der Waals surface area contributed by atoms with Gasteiger partial charge in [-0.3, -0.25) is 0 Å². The first-order valence-electron chi connectivity index (χ1n) is 6.74. The monoisotopic (exact) mass is 259 g/mol. The van der Waals surface area contributed by atoms with Crippen LogP contribution in [0, 0.1) is 0 Å². The summed E-state index contributed by atoms with van der Waals surface area (Å²) in [7, 11) is 2.96. The maximum absolute atomic E-state index is 5.54. The Bertz CT molecular complexity index is 193. The molecule has 0 N–H and O–H groups in total. The minimum absolute atomic E-state index is 0.287. The molecule has 0 saturated heterocycles. The Morgan fingerprint density at radius 3 is 2.50 bits per heavy atom. The molecule has 1 aliphatic rings. The highest BCUT2D eigenvalue weighted by Gasteiger charge is 2.22. The fourth-order valence-corrected chi connectivity index (χ4v) is 6.07. The van der Waals surface area contributed by atoms with Crippen molar-refractivity contribution in [2.45, 2.75) is 63.5 Å². The molecular weight excluding hydrogens is 230 g/mol. The van der Waals surface area contributed by atoms with Crippen molar-refractivity contribution in [1.82, 2.24) is 4.90 Å². The average molecular weight is 260 g/mol. The van der Waals surface area contributed by atoms with E-state index in [1.807, 2.05) is 0 Å². The highest BCUT2D eigenvalue weighted by atomic mass is 28.3. The molecule has 0 aromatic rings. The second-order valence-corrected chi connectivity index (χ2v) is 10.6. The first-order valence-corrected chi connectivity index (χ1v) is 8.84. The van der Waals surface area contributed by atoms with Crippen LogP contribution in [-0.2, 0) is 4.12 Å². The Morgan fingerprint density at radius 1 is 1.31 bits per heavy atom. The van der Waals surface area contributed by atoms with Crippen molar-refractivity contribution in [2.75, 3.05) is 13.6 Å². The maximum atomic E-state index is 5.54. The molecule has 0 aromatic carbocycles. The van der Waals surface area contributed by atoms with Crippen molar-refractivity contribution in [1.29, 1.82) is 0 Å². The molecule has 0 aliphatic heterocycles. The van der Waals surface area contributed by atoms with Gasteiger partial charge >= 0.3 is 0 Å². The van der Waals surface area contributed by atoms with E-state index in [-0.39, 0.29) is 9.76 Å². The van der Waals surface area contributed by atoms with Crippen LogP contribution < -0.4 is 0 Å². The van der Waals surface area contributed by atoms with E-state index in [4.69, 9.17) is 4.12 Å². The Morgan fingerprint density at radius 2 is 1.94 bits per heavy atom. The topological polar surface area (TPSA) is 12.5 Å². The van der Waals surface area contributed by atoms with E-state index >= 15 is 0 Å². The minimum Gasteiger partial charge on any atom is -0.468 e. The predicted octanol–water partition coefficient (Wildman–Crippen LogP) is 1.22. The quantitative estimate of drug-likeness (QED) is 0.665. The van der Waals surface area contributed by atoms with Crippen LogP contribution in [0.15, 0.2) is 0 Å². The molecular formula is C12H29NOSi2. The smallest absolute Gasteiger partial charge is 0.151 e. The molecule has 0 unspecified atom stereocenters. The molecule has 4 heteroatoms. The summed E-state index contributed by atoms with van der Waals surface area (Å²) in [6, 6.07) is 0.864. The molecule has 1 saturated carbocycles. The van der Waals surface area contributed by atoms with Crippen LogP contribution in [0.25, 0.3) is 0 Å². The zero-order valence-corrected chi connectivity index (χ0v) is 15.0. The first kappa shape index (κ1) is 14.4. The normalized spacial score (nSPS) is 20.2. The van der Waals surface area contributed by atoms with Gasteiger partial charge in [-0.1, -0.05) is 33.1 Å². The summed E-state index contributed by atoms with van der Waals surface area (Å²) in [5.41, 5.74) is 0. The molecule has 0 amide bonds. The van der Waals surface area contributed by atoms with Gasteiger partial charge in [0.15, 0.2) is 9.76 Å². The second-order valence-electron chi connectivity index (χ2n) is 6.12. The zero-order chi connectivity index (χ0) is 12.0. The molecule has 0 spiro atoms. The maximum Gasteiger partial charge on any atom is 0.151 e. The Hall–Kier alpha value is 0.354. The van der Waals surface area contributed by atoms with E-state index < -0.39 is 0 Å². The fourth-order valence-electron chi connectivity index (χ4n) is 2.65. The van der Waals surface area contributed by atoms with E-state index in [9.17, 15) is 0 Å². The Balaban J connectivity index is 2.25. The second kappa shape index (κ2) is 6.94. The van der Waals surface area contributed by atoms with Crippen LogP contribution in [0.2, 0.25) is 5.04 Å². The van der Waals surface area contributed by atoms with Crippen LogP contribution in [-0.4, -0.2) is 44.8 Å². The molecule has 1 rings (SSSR count). The molecule has 1 aliphatic carbocycles. The lowest BCUT2D eigenvalue weighted by Gasteiger charge is -2.33. The van der Waals surface area contributed by atoms with E-state index in [0.717, 1.165) is 16.5 Å². The van der Waals surface area contributed by atoms with Crippen molar-refractivity contribution in [3.8, 4) is 0 Å². The Labute approximate surface area is 107 Å². The van der Waals surface area contributed by atoms with Gasteiger partial charge in [0.25, 0.3) is 0 Å². The summed E-state index contributed by atoms with van der Waals surface area (Å²) in [5.74, 6) is 0. The summed E-state index contributed by atoms with van der Waals surface area (Å²) in [6.07, 6.45) is 8.50. The van der Waals surface area contributed by atoms with Gasteiger partial charge < -0.3 is 9.02 Å². The first-order chi connectivity index (χ1) is 7.55. The van der Waals surface area contributed by atoms with Crippen molar-refractivity contribution < 1.29 is 4.12 Å². The lowest BCUT2D eigenvalue weighted by Crippen LogP contribution is -2.35. The van der Waals surface area contributed by atoms with Crippen molar-refractivity contribution >= 4 is 20.2 Å². The zero-order valence-electron chi connectivity index (χ0n) is 11.6. The van der Waals surface area contributed by atoms with E-state index in [0.29, 0.717) is 5.04 Å². The average Bonchev–Trinajstić information content (AvgIpc) is 2.27. The fraction of sp³-hybridized carbons (Fsp3) is 1.00. The van der Waals surface area contributed by atoms with Crippen LogP contribution in [0.4, 0.5) is 0 Å². The number of rotatable bonds is 6. The predicted molar refractivity (Wildman–Crippen MR) is 77.7 cm³/mol. The number of hydrogen-bond donors (Lipinski definition) is 0. The number of hydrogen-bond acceptors (Lipinski definition) is 2. The summed E-state index contributed by atoms with van der Waals surface area (Å²) < 4.78 is 5.54. The standard InChI is InChI=1S/C12H29NOSi2/c1-12(2,16-14-15)9-10-13(3)11-7-5-4-6-8-11/h11H,4-10,16H2,1-3,15H3. The summed E-state index contributed by atoms with van der Waals surface area (Å²) in [5, 5.41) is 0.491. The summed E-state index contributed by atoms with van der Waals surface area (Å²) in [6.45, 7) is 6.02. The van der Waals surface area contributed by atoms with Crippen LogP contribution >= 0.6 is 0 Å². The van der Waals surface area contributed by atoms with E-state index in [2.05, 4.69) is 25.8 Å².